The predicted molar refractivity (Wildman–Crippen MR) is 86.8 cm³/mol. The van der Waals surface area contributed by atoms with E-state index in [9.17, 15) is 8.42 Å². The van der Waals surface area contributed by atoms with Crippen LogP contribution in [-0.4, -0.2) is 15.5 Å². The lowest BCUT2D eigenvalue weighted by Gasteiger charge is -2.09. The second-order valence-electron chi connectivity index (χ2n) is 4.34. The fourth-order valence-corrected chi connectivity index (χ4v) is 4.45. The lowest BCUT2D eigenvalue weighted by atomic mass is 10.2. The zero-order chi connectivity index (χ0) is 14.8. The first-order chi connectivity index (χ1) is 9.42. The van der Waals surface area contributed by atoms with Crippen molar-refractivity contribution in [2.45, 2.75) is 18.4 Å². The highest BCUT2D eigenvalue weighted by molar-refractivity contribution is 9.10. The van der Waals surface area contributed by atoms with Crippen LogP contribution in [0.15, 0.2) is 39.0 Å². The van der Waals surface area contributed by atoms with Crippen molar-refractivity contribution in [1.29, 1.82) is 0 Å². The van der Waals surface area contributed by atoms with Gasteiger partial charge in [0.05, 0.1) is 10.6 Å². The van der Waals surface area contributed by atoms with Gasteiger partial charge in [-0.2, -0.15) is 0 Å². The number of thiophene rings is 1. The number of hydrogen-bond acceptors (Lipinski definition) is 4. The zero-order valence-corrected chi connectivity index (χ0v) is 14.3. The van der Waals surface area contributed by atoms with Gasteiger partial charge in [-0.25, -0.2) is 8.42 Å². The molecule has 0 amide bonds. The normalized spacial score (nSPS) is 11.6. The van der Waals surface area contributed by atoms with Crippen LogP contribution in [0, 0.1) is 6.92 Å². The molecule has 0 spiro atoms. The van der Waals surface area contributed by atoms with Gasteiger partial charge in [0.15, 0.2) is 0 Å². The van der Waals surface area contributed by atoms with Crippen molar-refractivity contribution in [3.05, 3.63) is 44.6 Å². The van der Waals surface area contributed by atoms with Crippen LogP contribution in [0.3, 0.4) is 0 Å². The number of rotatable bonds is 5. The average Bonchev–Trinajstić information content (AvgIpc) is 2.83. The van der Waals surface area contributed by atoms with Gasteiger partial charge < -0.3 is 5.32 Å². The summed E-state index contributed by atoms with van der Waals surface area (Å²) in [5.74, 6) is 0. The fourth-order valence-electron chi connectivity index (χ4n) is 1.68. The lowest BCUT2D eigenvalue weighted by molar-refractivity contribution is 0.601. The maximum Gasteiger partial charge on any atom is 0.262 e. The molecule has 0 bridgehead atoms. The van der Waals surface area contributed by atoms with Gasteiger partial charge in [0.2, 0.25) is 0 Å². The van der Waals surface area contributed by atoms with Crippen molar-refractivity contribution in [1.82, 2.24) is 5.32 Å². The number of sulfonamides is 1. The van der Waals surface area contributed by atoms with E-state index in [1.807, 2.05) is 26.1 Å². The van der Waals surface area contributed by atoms with Gasteiger partial charge in [0.1, 0.15) is 0 Å². The second-order valence-corrected chi connectivity index (χ2v) is 7.94. The molecule has 2 aromatic rings. The average molecular weight is 375 g/mol. The Bertz CT molecular complexity index is 711. The van der Waals surface area contributed by atoms with Gasteiger partial charge in [-0.05, 0) is 37.7 Å². The molecular formula is C13H15BrN2O2S2. The van der Waals surface area contributed by atoms with Crippen LogP contribution in [0.2, 0.25) is 0 Å². The Balaban J connectivity index is 2.28. The maximum absolute atomic E-state index is 12.3. The summed E-state index contributed by atoms with van der Waals surface area (Å²) in [6.07, 6.45) is 0. The molecule has 0 fully saturated rings. The molecule has 20 heavy (non-hydrogen) atoms. The third-order valence-electron chi connectivity index (χ3n) is 2.73. The molecule has 2 rings (SSSR count). The number of halogens is 1. The van der Waals surface area contributed by atoms with Crippen LogP contribution in [0.1, 0.15) is 10.4 Å². The van der Waals surface area contributed by atoms with Crippen molar-refractivity contribution in [2.75, 3.05) is 11.8 Å². The van der Waals surface area contributed by atoms with E-state index in [1.54, 1.807) is 17.5 Å². The van der Waals surface area contributed by atoms with Crippen molar-refractivity contribution < 1.29 is 8.42 Å². The van der Waals surface area contributed by atoms with Crippen molar-refractivity contribution in [3.63, 3.8) is 0 Å². The number of hydrogen-bond donors (Lipinski definition) is 2. The summed E-state index contributed by atoms with van der Waals surface area (Å²) in [6, 6.07) is 7.19. The summed E-state index contributed by atoms with van der Waals surface area (Å²) in [6.45, 7) is 2.53. The monoisotopic (exact) mass is 374 g/mol. The molecule has 0 saturated heterocycles. The Labute approximate surface area is 131 Å². The highest BCUT2D eigenvalue weighted by atomic mass is 79.9. The molecule has 7 heteroatoms. The molecule has 1 aromatic carbocycles. The summed E-state index contributed by atoms with van der Waals surface area (Å²) in [4.78, 5) is 1.28. The Morgan fingerprint density at radius 3 is 2.75 bits per heavy atom. The topological polar surface area (TPSA) is 58.2 Å². The van der Waals surface area contributed by atoms with Gasteiger partial charge in [0, 0.05) is 21.3 Å². The second kappa shape index (κ2) is 6.26. The molecule has 108 valence electrons. The molecule has 0 unspecified atom stereocenters. The molecule has 0 radical (unpaired) electrons. The highest BCUT2D eigenvalue weighted by Crippen LogP contribution is 2.25. The zero-order valence-electron chi connectivity index (χ0n) is 11.1. The number of benzene rings is 1. The summed E-state index contributed by atoms with van der Waals surface area (Å²) in [7, 11) is -1.71. The molecule has 2 N–H and O–H groups in total. The van der Waals surface area contributed by atoms with E-state index in [4.69, 9.17) is 0 Å². The van der Waals surface area contributed by atoms with Gasteiger partial charge >= 0.3 is 0 Å². The lowest BCUT2D eigenvalue weighted by Crippen LogP contribution is -2.13. The molecule has 1 aromatic heterocycles. The van der Waals surface area contributed by atoms with E-state index in [1.165, 1.54) is 11.3 Å². The van der Waals surface area contributed by atoms with Crippen molar-refractivity contribution in [2.24, 2.45) is 0 Å². The Morgan fingerprint density at radius 1 is 1.30 bits per heavy atom. The smallest absolute Gasteiger partial charge is 0.262 e. The van der Waals surface area contributed by atoms with Crippen LogP contribution in [0.25, 0.3) is 0 Å². The molecule has 0 aliphatic carbocycles. The van der Waals surface area contributed by atoms with Crippen LogP contribution in [-0.2, 0) is 16.6 Å². The minimum atomic E-state index is -3.54. The van der Waals surface area contributed by atoms with Crippen LogP contribution in [0.5, 0.6) is 0 Å². The molecule has 0 aliphatic heterocycles. The minimum absolute atomic E-state index is 0.298. The predicted octanol–water partition coefficient (Wildman–Crippen LogP) is 3.34. The van der Waals surface area contributed by atoms with E-state index >= 15 is 0 Å². The van der Waals surface area contributed by atoms with Crippen LogP contribution in [0.4, 0.5) is 5.69 Å². The molecule has 0 aliphatic rings. The van der Waals surface area contributed by atoms with E-state index < -0.39 is 10.0 Å². The third-order valence-corrected chi connectivity index (χ3v) is 5.66. The van der Waals surface area contributed by atoms with Crippen molar-refractivity contribution in [3.8, 4) is 0 Å². The SMILES string of the molecule is CNCc1cc(S(=O)(=O)Nc2cc(Br)ccc2C)cs1. The van der Waals surface area contributed by atoms with Crippen LogP contribution < -0.4 is 10.0 Å². The number of aryl methyl sites for hydroxylation is 1. The molecule has 4 nitrogen and oxygen atoms in total. The summed E-state index contributed by atoms with van der Waals surface area (Å²) in [5.41, 5.74) is 1.46. The van der Waals surface area contributed by atoms with Gasteiger partial charge in [0.25, 0.3) is 10.0 Å². The fraction of sp³-hybridized carbons (Fsp3) is 0.231. The van der Waals surface area contributed by atoms with Gasteiger partial charge in [-0.1, -0.05) is 22.0 Å². The summed E-state index contributed by atoms with van der Waals surface area (Å²) in [5, 5.41) is 4.66. The van der Waals surface area contributed by atoms with E-state index in [-0.39, 0.29) is 0 Å². The van der Waals surface area contributed by atoms with E-state index in [0.717, 1.165) is 14.9 Å². The van der Waals surface area contributed by atoms with E-state index in [0.29, 0.717) is 17.1 Å². The molecule has 0 saturated carbocycles. The summed E-state index contributed by atoms with van der Waals surface area (Å²) < 4.78 is 28.1. The quantitative estimate of drug-likeness (QED) is 0.843. The molecule has 0 atom stereocenters. The molecular weight excluding hydrogens is 360 g/mol. The number of nitrogens with one attached hydrogen (secondary N) is 2. The standard InChI is InChI=1S/C13H15BrN2O2S2/c1-9-3-4-10(14)5-13(9)16-20(17,18)12-6-11(7-15-2)19-8-12/h3-6,8,15-16H,7H2,1-2H3. The molecule has 1 heterocycles. The first kappa shape index (κ1) is 15.5. The van der Waals surface area contributed by atoms with Gasteiger partial charge in [-0.3, -0.25) is 4.72 Å². The maximum atomic E-state index is 12.3. The Hall–Kier alpha value is -0.890. The first-order valence-electron chi connectivity index (χ1n) is 5.93. The van der Waals surface area contributed by atoms with E-state index in [2.05, 4.69) is 26.0 Å². The Kier molecular flexibility index (Phi) is 4.85. The Morgan fingerprint density at radius 2 is 2.05 bits per heavy atom. The van der Waals surface area contributed by atoms with Crippen LogP contribution >= 0.6 is 27.3 Å². The third kappa shape index (κ3) is 3.60. The number of anilines is 1. The van der Waals surface area contributed by atoms with Gasteiger partial charge in [-0.15, -0.1) is 11.3 Å². The highest BCUT2D eigenvalue weighted by Gasteiger charge is 2.17. The van der Waals surface area contributed by atoms with Crippen molar-refractivity contribution >= 4 is 43.0 Å². The largest absolute Gasteiger partial charge is 0.315 e. The minimum Gasteiger partial charge on any atom is -0.315 e. The summed E-state index contributed by atoms with van der Waals surface area (Å²) >= 11 is 4.77. The first-order valence-corrected chi connectivity index (χ1v) is 9.09.